The van der Waals surface area contributed by atoms with E-state index in [0.29, 0.717) is 0 Å². The Bertz CT molecular complexity index is 533. The van der Waals surface area contributed by atoms with Gasteiger partial charge in [-0.05, 0) is 46.8 Å². The van der Waals surface area contributed by atoms with Crippen molar-refractivity contribution >= 4 is 17.7 Å². The van der Waals surface area contributed by atoms with Crippen LogP contribution in [0.5, 0.6) is 0 Å². The number of carbonyl (C=O) groups excluding carboxylic acids is 2. The normalized spacial score (nSPS) is 11.9. The molecule has 0 radical (unpaired) electrons. The van der Waals surface area contributed by atoms with Crippen molar-refractivity contribution in [1.29, 1.82) is 0 Å². The molecule has 0 unspecified atom stereocenters. The Morgan fingerprint density at radius 1 is 1.19 bits per heavy atom. The summed E-state index contributed by atoms with van der Waals surface area (Å²) in [5.74, 6) is -0.119. The molecule has 21 heavy (non-hydrogen) atoms. The standard InChI is InChI=1S/C15H22N2O4/c1-14(2,3)21-13(19)17-12-10(8-7-9-16-12)11(18)15(4,5)20-6/h7-9H,1-6H3,(H,16,17,19). The van der Waals surface area contributed by atoms with Crippen LogP contribution in [-0.2, 0) is 9.47 Å². The summed E-state index contributed by atoms with van der Waals surface area (Å²) in [6.45, 7) is 8.57. The first-order valence-corrected chi connectivity index (χ1v) is 6.62. The molecule has 0 fully saturated rings. The highest BCUT2D eigenvalue weighted by Gasteiger charge is 2.31. The number of hydrogen-bond donors (Lipinski definition) is 1. The lowest BCUT2D eigenvalue weighted by Gasteiger charge is -2.23. The van der Waals surface area contributed by atoms with Gasteiger partial charge >= 0.3 is 6.09 Å². The van der Waals surface area contributed by atoms with Gasteiger partial charge in [-0.2, -0.15) is 0 Å². The van der Waals surface area contributed by atoms with E-state index in [9.17, 15) is 9.59 Å². The fraction of sp³-hybridized carbons (Fsp3) is 0.533. The van der Waals surface area contributed by atoms with E-state index < -0.39 is 17.3 Å². The van der Waals surface area contributed by atoms with Crippen LogP contribution < -0.4 is 5.32 Å². The average molecular weight is 294 g/mol. The second kappa shape index (κ2) is 6.22. The molecule has 1 aromatic heterocycles. The third kappa shape index (κ3) is 4.82. The van der Waals surface area contributed by atoms with E-state index in [1.54, 1.807) is 46.8 Å². The lowest BCUT2D eigenvalue weighted by atomic mass is 9.97. The highest BCUT2D eigenvalue weighted by molar-refractivity contribution is 6.07. The Kier molecular flexibility index (Phi) is 5.06. The number of nitrogens with zero attached hydrogens (tertiary/aromatic N) is 1. The first-order valence-electron chi connectivity index (χ1n) is 6.62. The second-order valence-electron chi connectivity index (χ2n) is 6.07. The van der Waals surface area contributed by atoms with Crippen LogP contribution in [-0.4, -0.2) is 35.2 Å². The van der Waals surface area contributed by atoms with Gasteiger partial charge in [0, 0.05) is 13.3 Å². The zero-order valence-electron chi connectivity index (χ0n) is 13.3. The number of hydrogen-bond acceptors (Lipinski definition) is 5. The van der Waals surface area contributed by atoms with Crippen LogP contribution in [0.4, 0.5) is 10.6 Å². The summed E-state index contributed by atoms with van der Waals surface area (Å²) < 4.78 is 10.3. The van der Waals surface area contributed by atoms with Crippen molar-refractivity contribution in [2.45, 2.75) is 45.8 Å². The number of Topliss-reactive ketones (excluding diaryl/α,β-unsaturated/α-hetero) is 1. The molecule has 6 nitrogen and oxygen atoms in total. The third-order valence-corrected chi connectivity index (χ3v) is 2.73. The zero-order chi connectivity index (χ0) is 16.3. The molecule has 0 aliphatic heterocycles. The van der Waals surface area contributed by atoms with Crippen LogP contribution in [0.25, 0.3) is 0 Å². The molecule has 1 N–H and O–H groups in total. The lowest BCUT2D eigenvalue weighted by molar-refractivity contribution is 0.0228. The van der Waals surface area contributed by atoms with Gasteiger partial charge in [-0.1, -0.05) is 0 Å². The summed E-state index contributed by atoms with van der Waals surface area (Å²) in [6, 6.07) is 3.21. The second-order valence-corrected chi connectivity index (χ2v) is 6.07. The van der Waals surface area contributed by atoms with E-state index in [-0.39, 0.29) is 17.2 Å². The summed E-state index contributed by atoms with van der Waals surface area (Å²) in [4.78, 5) is 28.3. The van der Waals surface area contributed by atoms with Gasteiger partial charge in [0.1, 0.15) is 17.0 Å². The highest BCUT2D eigenvalue weighted by atomic mass is 16.6. The first-order chi connectivity index (χ1) is 9.57. The van der Waals surface area contributed by atoms with Gasteiger partial charge in [-0.3, -0.25) is 10.1 Å². The van der Waals surface area contributed by atoms with E-state index in [4.69, 9.17) is 9.47 Å². The van der Waals surface area contributed by atoms with Crippen LogP contribution in [0.1, 0.15) is 45.0 Å². The minimum atomic E-state index is -1.01. The van der Waals surface area contributed by atoms with E-state index in [2.05, 4.69) is 10.3 Å². The van der Waals surface area contributed by atoms with Crippen LogP contribution in [0.15, 0.2) is 18.3 Å². The van der Waals surface area contributed by atoms with Crippen LogP contribution in [0, 0.1) is 0 Å². The number of ether oxygens (including phenoxy) is 2. The molecule has 1 aromatic rings. The highest BCUT2D eigenvalue weighted by Crippen LogP contribution is 2.21. The van der Waals surface area contributed by atoms with Crippen molar-refractivity contribution < 1.29 is 19.1 Å². The quantitative estimate of drug-likeness (QED) is 0.864. The van der Waals surface area contributed by atoms with Gasteiger partial charge in [0.05, 0.1) is 5.56 Å². The summed E-state index contributed by atoms with van der Waals surface area (Å²) >= 11 is 0. The Hall–Kier alpha value is -1.95. The van der Waals surface area contributed by atoms with Gasteiger partial charge in [0.25, 0.3) is 0 Å². The molecule has 6 heteroatoms. The van der Waals surface area contributed by atoms with Crippen molar-refractivity contribution in [2.75, 3.05) is 12.4 Å². The number of nitrogens with one attached hydrogen (secondary N) is 1. The zero-order valence-corrected chi connectivity index (χ0v) is 13.3. The van der Waals surface area contributed by atoms with Gasteiger partial charge < -0.3 is 9.47 Å². The van der Waals surface area contributed by atoms with Crippen LogP contribution in [0.2, 0.25) is 0 Å². The SMILES string of the molecule is COC(C)(C)C(=O)c1cccnc1NC(=O)OC(C)(C)C. The van der Waals surface area contributed by atoms with Crippen LogP contribution >= 0.6 is 0 Å². The number of amides is 1. The number of anilines is 1. The monoisotopic (exact) mass is 294 g/mol. The number of aromatic nitrogens is 1. The molecule has 0 bridgehead atoms. The maximum atomic E-state index is 12.4. The van der Waals surface area contributed by atoms with Crippen LogP contribution in [0.3, 0.4) is 0 Å². The maximum Gasteiger partial charge on any atom is 0.413 e. The molecule has 0 aliphatic carbocycles. The Morgan fingerprint density at radius 3 is 2.33 bits per heavy atom. The fourth-order valence-electron chi connectivity index (χ4n) is 1.51. The number of pyridine rings is 1. The summed E-state index contributed by atoms with van der Waals surface area (Å²) in [7, 11) is 1.45. The van der Waals surface area contributed by atoms with Crippen molar-refractivity contribution in [1.82, 2.24) is 4.98 Å². The number of methoxy groups -OCH3 is 1. The third-order valence-electron chi connectivity index (χ3n) is 2.73. The molecule has 1 amide bonds. The molecule has 0 atom stereocenters. The summed E-state index contributed by atoms with van der Waals surface area (Å²) in [5, 5.41) is 2.50. The Labute approximate surface area is 124 Å². The topological polar surface area (TPSA) is 77.5 Å². The molecule has 116 valence electrons. The van der Waals surface area contributed by atoms with Gasteiger partial charge in [0.15, 0.2) is 5.78 Å². The van der Waals surface area contributed by atoms with Gasteiger partial charge in [0.2, 0.25) is 0 Å². The molecule has 1 rings (SSSR count). The molecule has 1 heterocycles. The molecular weight excluding hydrogens is 272 g/mol. The van der Waals surface area contributed by atoms with Crippen molar-refractivity contribution in [2.24, 2.45) is 0 Å². The van der Waals surface area contributed by atoms with E-state index >= 15 is 0 Å². The van der Waals surface area contributed by atoms with Gasteiger partial charge in [-0.25, -0.2) is 9.78 Å². The average Bonchev–Trinajstić information content (AvgIpc) is 2.36. The predicted molar refractivity (Wildman–Crippen MR) is 79.5 cm³/mol. The number of carbonyl (C=O) groups is 2. The van der Waals surface area contributed by atoms with Crippen molar-refractivity contribution in [3.8, 4) is 0 Å². The molecule has 0 aromatic carbocycles. The minimum absolute atomic E-state index is 0.155. The van der Waals surface area contributed by atoms with E-state index in [1.807, 2.05) is 0 Å². The first kappa shape index (κ1) is 17.1. The fourth-order valence-corrected chi connectivity index (χ4v) is 1.51. The molecule has 0 saturated heterocycles. The van der Waals surface area contributed by atoms with Crippen molar-refractivity contribution in [3.05, 3.63) is 23.9 Å². The minimum Gasteiger partial charge on any atom is -0.444 e. The summed E-state index contributed by atoms with van der Waals surface area (Å²) in [6.07, 6.45) is 0.828. The maximum absolute atomic E-state index is 12.4. The predicted octanol–water partition coefficient (Wildman–Crippen LogP) is 3.04. The van der Waals surface area contributed by atoms with Gasteiger partial charge in [-0.15, -0.1) is 0 Å². The van der Waals surface area contributed by atoms with Crippen molar-refractivity contribution in [3.63, 3.8) is 0 Å². The lowest BCUT2D eigenvalue weighted by Crippen LogP contribution is -2.35. The van der Waals surface area contributed by atoms with E-state index in [0.717, 1.165) is 0 Å². The smallest absolute Gasteiger partial charge is 0.413 e. The molecule has 0 aliphatic rings. The Balaban J connectivity index is 3.01. The number of rotatable bonds is 4. The van der Waals surface area contributed by atoms with E-state index in [1.165, 1.54) is 13.3 Å². The molecule has 0 spiro atoms. The largest absolute Gasteiger partial charge is 0.444 e. The summed E-state index contributed by atoms with van der Waals surface area (Å²) in [5.41, 5.74) is -1.36. The molecular formula is C15H22N2O4. The molecule has 0 saturated carbocycles. The Morgan fingerprint density at radius 2 is 1.81 bits per heavy atom. The number of ketones is 1.